The van der Waals surface area contributed by atoms with Gasteiger partial charge in [0.2, 0.25) is 0 Å². The van der Waals surface area contributed by atoms with Crippen LogP contribution in [-0.4, -0.2) is 22.0 Å². The molecule has 1 aromatic heterocycles. The lowest BCUT2D eigenvalue weighted by molar-refractivity contribution is 0.0918. The summed E-state index contributed by atoms with van der Waals surface area (Å²) < 4.78 is 13.0. The highest BCUT2D eigenvalue weighted by Gasteiger charge is 2.17. The molecule has 2 N–H and O–H groups in total. The SMILES string of the molecule is CC(CC(O)c1ccc(F)cc1)NC(=O)c1cccc2ncccc12. The minimum Gasteiger partial charge on any atom is -0.388 e. The Bertz CT molecular complexity index is 875. The Balaban J connectivity index is 1.68. The fourth-order valence-electron chi connectivity index (χ4n) is 2.82. The van der Waals surface area contributed by atoms with Crippen LogP contribution >= 0.6 is 0 Å². The van der Waals surface area contributed by atoms with E-state index < -0.39 is 6.10 Å². The predicted octanol–water partition coefficient (Wildman–Crippen LogP) is 3.62. The number of halogens is 1. The van der Waals surface area contributed by atoms with Crippen molar-refractivity contribution >= 4 is 16.8 Å². The molecule has 0 bridgehead atoms. The van der Waals surface area contributed by atoms with E-state index in [-0.39, 0.29) is 17.8 Å². The predicted molar refractivity (Wildman–Crippen MR) is 94.6 cm³/mol. The van der Waals surface area contributed by atoms with Crippen molar-refractivity contribution in [2.45, 2.75) is 25.5 Å². The van der Waals surface area contributed by atoms with E-state index in [1.165, 1.54) is 12.1 Å². The van der Waals surface area contributed by atoms with Crippen LogP contribution in [0.5, 0.6) is 0 Å². The minimum atomic E-state index is -0.773. The number of nitrogens with one attached hydrogen (secondary N) is 1. The van der Waals surface area contributed by atoms with Crippen LogP contribution in [0.25, 0.3) is 10.9 Å². The van der Waals surface area contributed by atoms with Crippen LogP contribution in [0.2, 0.25) is 0 Å². The summed E-state index contributed by atoms with van der Waals surface area (Å²) in [7, 11) is 0. The zero-order valence-corrected chi connectivity index (χ0v) is 13.8. The van der Waals surface area contributed by atoms with Crippen LogP contribution in [0, 0.1) is 5.82 Å². The van der Waals surface area contributed by atoms with Gasteiger partial charge in [0, 0.05) is 23.2 Å². The van der Waals surface area contributed by atoms with Crippen molar-refractivity contribution in [2.75, 3.05) is 0 Å². The number of benzene rings is 2. The monoisotopic (exact) mass is 338 g/mol. The molecule has 128 valence electrons. The molecule has 25 heavy (non-hydrogen) atoms. The maximum Gasteiger partial charge on any atom is 0.252 e. The van der Waals surface area contributed by atoms with Gasteiger partial charge in [0.05, 0.1) is 11.6 Å². The Morgan fingerprint density at radius 2 is 1.92 bits per heavy atom. The summed E-state index contributed by atoms with van der Waals surface area (Å²) in [4.78, 5) is 16.8. The highest BCUT2D eigenvalue weighted by Crippen LogP contribution is 2.20. The summed E-state index contributed by atoms with van der Waals surface area (Å²) in [5.41, 5.74) is 1.93. The van der Waals surface area contributed by atoms with E-state index in [0.29, 0.717) is 17.5 Å². The van der Waals surface area contributed by atoms with E-state index in [1.54, 1.807) is 36.5 Å². The van der Waals surface area contributed by atoms with E-state index in [1.807, 2.05) is 19.1 Å². The summed E-state index contributed by atoms with van der Waals surface area (Å²) in [6, 6.07) is 14.5. The second-order valence-electron chi connectivity index (χ2n) is 6.05. The second kappa shape index (κ2) is 7.40. The summed E-state index contributed by atoms with van der Waals surface area (Å²) >= 11 is 0. The number of rotatable bonds is 5. The maximum atomic E-state index is 13.0. The zero-order valence-electron chi connectivity index (χ0n) is 13.8. The molecule has 0 radical (unpaired) electrons. The Kier molecular flexibility index (Phi) is 5.05. The molecule has 0 saturated carbocycles. The van der Waals surface area contributed by atoms with Gasteiger partial charge in [0.15, 0.2) is 0 Å². The molecule has 3 rings (SSSR count). The second-order valence-corrected chi connectivity index (χ2v) is 6.05. The minimum absolute atomic E-state index is 0.211. The first kappa shape index (κ1) is 17.0. The van der Waals surface area contributed by atoms with Gasteiger partial charge in [-0.05, 0) is 49.2 Å². The summed E-state index contributed by atoms with van der Waals surface area (Å²) in [6.45, 7) is 1.83. The quantitative estimate of drug-likeness (QED) is 0.747. The summed E-state index contributed by atoms with van der Waals surface area (Å²) in [6.07, 6.45) is 1.25. The number of amides is 1. The average Bonchev–Trinajstić information content (AvgIpc) is 2.61. The van der Waals surface area contributed by atoms with Gasteiger partial charge in [-0.25, -0.2) is 4.39 Å². The molecule has 2 aromatic carbocycles. The van der Waals surface area contributed by atoms with Gasteiger partial charge in [0.25, 0.3) is 5.91 Å². The molecule has 0 aliphatic rings. The van der Waals surface area contributed by atoms with Crippen molar-refractivity contribution in [1.82, 2.24) is 10.3 Å². The standard InChI is InChI=1S/C20H19FN2O2/c1-13(12-19(24)14-7-9-15(21)10-8-14)23-20(25)17-4-2-6-18-16(17)5-3-11-22-18/h2-11,13,19,24H,12H2,1H3,(H,23,25). The number of hydrogen-bond acceptors (Lipinski definition) is 3. The van der Waals surface area contributed by atoms with Crippen LogP contribution in [0.15, 0.2) is 60.8 Å². The smallest absolute Gasteiger partial charge is 0.252 e. The molecule has 1 heterocycles. The summed E-state index contributed by atoms with van der Waals surface area (Å²) in [5.74, 6) is -0.556. The Morgan fingerprint density at radius 3 is 2.68 bits per heavy atom. The van der Waals surface area contributed by atoms with Gasteiger partial charge in [0.1, 0.15) is 5.82 Å². The Morgan fingerprint density at radius 1 is 1.16 bits per heavy atom. The third kappa shape index (κ3) is 4.00. The summed E-state index contributed by atoms with van der Waals surface area (Å²) in [5, 5.41) is 13.9. The third-order valence-electron chi connectivity index (χ3n) is 4.10. The number of aliphatic hydroxyl groups is 1. The number of fused-ring (bicyclic) bond motifs is 1. The lowest BCUT2D eigenvalue weighted by Crippen LogP contribution is -2.33. The molecule has 2 atom stereocenters. The van der Waals surface area contributed by atoms with Crippen molar-refractivity contribution in [3.63, 3.8) is 0 Å². The molecule has 3 aromatic rings. The van der Waals surface area contributed by atoms with Crippen molar-refractivity contribution in [3.8, 4) is 0 Å². The van der Waals surface area contributed by atoms with Crippen molar-refractivity contribution in [3.05, 3.63) is 77.7 Å². The molecular weight excluding hydrogens is 319 g/mol. The fourth-order valence-corrected chi connectivity index (χ4v) is 2.82. The van der Waals surface area contributed by atoms with Gasteiger partial charge < -0.3 is 10.4 Å². The molecule has 0 saturated heterocycles. The average molecular weight is 338 g/mol. The van der Waals surface area contributed by atoms with Gasteiger partial charge >= 0.3 is 0 Å². The highest BCUT2D eigenvalue weighted by atomic mass is 19.1. The van der Waals surface area contributed by atoms with Crippen LogP contribution in [0.3, 0.4) is 0 Å². The first-order chi connectivity index (χ1) is 12.0. The van der Waals surface area contributed by atoms with E-state index in [0.717, 1.165) is 10.9 Å². The van der Waals surface area contributed by atoms with Gasteiger partial charge in [-0.15, -0.1) is 0 Å². The third-order valence-corrected chi connectivity index (χ3v) is 4.10. The topological polar surface area (TPSA) is 62.2 Å². The zero-order chi connectivity index (χ0) is 17.8. The number of aromatic nitrogens is 1. The lowest BCUT2D eigenvalue weighted by atomic mass is 10.0. The molecule has 0 fully saturated rings. The molecule has 0 aliphatic carbocycles. The molecule has 5 heteroatoms. The van der Waals surface area contributed by atoms with Crippen LogP contribution < -0.4 is 5.32 Å². The Hall–Kier alpha value is -2.79. The number of aliphatic hydroxyl groups excluding tert-OH is 1. The fraction of sp³-hybridized carbons (Fsp3) is 0.200. The van der Waals surface area contributed by atoms with Gasteiger partial charge in [-0.1, -0.05) is 24.3 Å². The largest absolute Gasteiger partial charge is 0.388 e. The van der Waals surface area contributed by atoms with Crippen molar-refractivity contribution in [1.29, 1.82) is 0 Å². The normalized spacial score (nSPS) is 13.4. The molecule has 0 spiro atoms. The number of pyridine rings is 1. The first-order valence-electron chi connectivity index (χ1n) is 8.13. The highest BCUT2D eigenvalue weighted by molar-refractivity contribution is 6.06. The van der Waals surface area contributed by atoms with Gasteiger partial charge in [-0.3, -0.25) is 9.78 Å². The van der Waals surface area contributed by atoms with Crippen molar-refractivity contribution < 1.29 is 14.3 Å². The molecule has 0 aliphatic heterocycles. The van der Waals surface area contributed by atoms with Crippen LogP contribution in [0.4, 0.5) is 4.39 Å². The first-order valence-corrected chi connectivity index (χ1v) is 8.13. The van der Waals surface area contributed by atoms with E-state index in [4.69, 9.17) is 0 Å². The lowest BCUT2D eigenvalue weighted by Gasteiger charge is -2.18. The Labute approximate surface area is 145 Å². The molecule has 2 unspecified atom stereocenters. The van der Waals surface area contributed by atoms with Crippen LogP contribution in [-0.2, 0) is 0 Å². The number of nitrogens with zero attached hydrogens (tertiary/aromatic N) is 1. The maximum absolute atomic E-state index is 13.0. The number of carbonyl (C=O) groups excluding carboxylic acids is 1. The molecule has 4 nitrogen and oxygen atoms in total. The van der Waals surface area contributed by atoms with E-state index >= 15 is 0 Å². The molecule has 1 amide bonds. The van der Waals surface area contributed by atoms with E-state index in [2.05, 4.69) is 10.3 Å². The number of carbonyl (C=O) groups is 1. The number of hydrogen-bond donors (Lipinski definition) is 2. The van der Waals surface area contributed by atoms with Crippen LogP contribution in [0.1, 0.15) is 35.4 Å². The van der Waals surface area contributed by atoms with E-state index in [9.17, 15) is 14.3 Å². The van der Waals surface area contributed by atoms with Crippen molar-refractivity contribution in [2.24, 2.45) is 0 Å². The van der Waals surface area contributed by atoms with Gasteiger partial charge in [-0.2, -0.15) is 0 Å². The molecular formula is C20H19FN2O2.